The highest BCUT2D eigenvalue weighted by molar-refractivity contribution is 5.41. The van der Waals surface area contributed by atoms with Crippen LogP contribution < -0.4 is 15.6 Å². The fourth-order valence-electron chi connectivity index (χ4n) is 2.47. The van der Waals surface area contributed by atoms with Crippen LogP contribution in [0.1, 0.15) is 11.1 Å². The van der Waals surface area contributed by atoms with Crippen molar-refractivity contribution in [3.63, 3.8) is 0 Å². The number of hydrogen-bond donors (Lipinski definition) is 1. The van der Waals surface area contributed by atoms with Crippen LogP contribution in [0.4, 0.5) is 5.82 Å². The molecule has 0 amide bonds. The third kappa shape index (κ3) is 3.30. The third-order valence-corrected chi connectivity index (χ3v) is 3.79. The summed E-state index contributed by atoms with van der Waals surface area (Å²) < 4.78 is 6.90. The monoisotopic (exact) mass is 321 g/mol. The number of benzene rings is 2. The number of hydrogen-bond acceptors (Lipinski definition) is 4. The van der Waals surface area contributed by atoms with Gasteiger partial charge in [-0.2, -0.15) is 0 Å². The molecule has 0 fully saturated rings. The van der Waals surface area contributed by atoms with Crippen molar-refractivity contribution in [1.82, 2.24) is 9.55 Å². The Morgan fingerprint density at radius 3 is 2.62 bits per heavy atom. The van der Waals surface area contributed by atoms with Gasteiger partial charge in [-0.05, 0) is 25.1 Å². The summed E-state index contributed by atoms with van der Waals surface area (Å²) in [4.78, 5) is 16.8. The molecule has 2 aromatic carbocycles. The lowest BCUT2D eigenvalue weighted by atomic mass is 10.2. The summed E-state index contributed by atoms with van der Waals surface area (Å²) in [6.07, 6.45) is 3.28. The van der Waals surface area contributed by atoms with Crippen LogP contribution in [0.15, 0.2) is 65.7 Å². The Morgan fingerprint density at radius 2 is 1.88 bits per heavy atom. The Balaban J connectivity index is 1.86. The first-order chi connectivity index (χ1) is 11.7. The van der Waals surface area contributed by atoms with E-state index in [0.717, 1.165) is 22.6 Å². The Kier molecular flexibility index (Phi) is 4.61. The topological polar surface area (TPSA) is 56.1 Å². The molecule has 0 atom stereocenters. The zero-order valence-electron chi connectivity index (χ0n) is 13.7. The molecule has 0 unspecified atom stereocenters. The van der Waals surface area contributed by atoms with Crippen molar-refractivity contribution in [2.75, 3.05) is 12.4 Å². The van der Waals surface area contributed by atoms with Gasteiger partial charge in [-0.1, -0.05) is 35.9 Å². The first-order valence-electron chi connectivity index (χ1n) is 7.69. The second-order valence-electron chi connectivity index (χ2n) is 5.45. The Morgan fingerprint density at radius 1 is 1.12 bits per heavy atom. The molecular formula is C19H19N3O2. The molecule has 24 heavy (non-hydrogen) atoms. The fraction of sp³-hybridized carbons (Fsp3) is 0.158. The largest absolute Gasteiger partial charge is 0.496 e. The smallest absolute Gasteiger partial charge is 0.297 e. The van der Waals surface area contributed by atoms with Crippen molar-refractivity contribution in [3.05, 3.63) is 82.4 Å². The summed E-state index contributed by atoms with van der Waals surface area (Å²) in [5.41, 5.74) is 2.74. The second-order valence-corrected chi connectivity index (χ2v) is 5.45. The molecule has 1 heterocycles. The molecule has 3 rings (SSSR count). The van der Waals surface area contributed by atoms with E-state index >= 15 is 0 Å². The lowest BCUT2D eigenvalue weighted by molar-refractivity contribution is 0.410. The molecule has 3 aromatic rings. The van der Waals surface area contributed by atoms with E-state index in [1.165, 1.54) is 0 Å². The highest BCUT2D eigenvalue weighted by Gasteiger charge is 2.08. The van der Waals surface area contributed by atoms with E-state index in [0.29, 0.717) is 12.4 Å². The number of anilines is 1. The lowest BCUT2D eigenvalue weighted by Crippen LogP contribution is -2.23. The summed E-state index contributed by atoms with van der Waals surface area (Å²) in [7, 11) is 1.63. The molecule has 0 bridgehead atoms. The average molecular weight is 321 g/mol. The summed E-state index contributed by atoms with van der Waals surface area (Å²) in [5.74, 6) is 1.09. The van der Waals surface area contributed by atoms with E-state index in [-0.39, 0.29) is 5.56 Å². The van der Waals surface area contributed by atoms with Crippen molar-refractivity contribution in [3.8, 4) is 11.4 Å². The van der Waals surface area contributed by atoms with Crippen LogP contribution in [-0.4, -0.2) is 16.7 Å². The number of nitrogens with zero attached hydrogens (tertiary/aromatic N) is 2. The summed E-state index contributed by atoms with van der Waals surface area (Å²) >= 11 is 0. The minimum atomic E-state index is -0.184. The molecule has 5 nitrogen and oxygen atoms in total. The van der Waals surface area contributed by atoms with Crippen LogP contribution in [0.25, 0.3) is 5.69 Å². The molecule has 0 aliphatic rings. The quantitative estimate of drug-likeness (QED) is 0.784. The number of methoxy groups -OCH3 is 1. The maximum absolute atomic E-state index is 12.6. The van der Waals surface area contributed by atoms with Gasteiger partial charge in [-0.15, -0.1) is 0 Å². The lowest BCUT2D eigenvalue weighted by Gasteiger charge is -2.11. The highest BCUT2D eigenvalue weighted by Crippen LogP contribution is 2.17. The van der Waals surface area contributed by atoms with Crippen LogP contribution in [-0.2, 0) is 6.54 Å². The van der Waals surface area contributed by atoms with E-state index in [9.17, 15) is 4.79 Å². The molecule has 0 saturated carbocycles. The van der Waals surface area contributed by atoms with Crippen LogP contribution in [0.2, 0.25) is 0 Å². The van der Waals surface area contributed by atoms with Gasteiger partial charge >= 0.3 is 0 Å². The van der Waals surface area contributed by atoms with Gasteiger partial charge in [0.15, 0.2) is 5.82 Å². The maximum atomic E-state index is 12.6. The van der Waals surface area contributed by atoms with Gasteiger partial charge in [0.1, 0.15) is 5.75 Å². The molecule has 0 aliphatic carbocycles. The standard InChI is InChI=1S/C19H19N3O2/c1-14-7-9-16(10-8-14)22-12-11-20-18(19(22)23)21-13-15-5-3-4-6-17(15)24-2/h3-12H,13H2,1-2H3,(H,20,21). The zero-order chi connectivity index (χ0) is 16.9. The third-order valence-electron chi connectivity index (χ3n) is 3.79. The Bertz CT molecular complexity index is 886. The molecule has 1 aromatic heterocycles. The number of aromatic nitrogens is 2. The van der Waals surface area contributed by atoms with Gasteiger partial charge in [0.2, 0.25) is 0 Å². The predicted molar refractivity (Wildman–Crippen MR) is 94.9 cm³/mol. The molecule has 5 heteroatoms. The number of nitrogens with one attached hydrogen (secondary N) is 1. The zero-order valence-corrected chi connectivity index (χ0v) is 13.7. The normalized spacial score (nSPS) is 10.4. The van der Waals surface area contributed by atoms with Crippen LogP contribution >= 0.6 is 0 Å². The molecule has 1 N–H and O–H groups in total. The minimum Gasteiger partial charge on any atom is -0.496 e. The van der Waals surface area contributed by atoms with Crippen molar-refractivity contribution in [2.45, 2.75) is 13.5 Å². The molecule has 0 saturated heterocycles. The molecule has 0 aliphatic heterocycles. The summed E-state index contributed by atoms with van der Waals surface area (Å²) in [6, 6.07) is 15.5. The fourth-order valence-corrected chi connectivity index (χ4v) is 2.47. The van der Waals surface area contributed by atoms with E-state index in [1.807, 2.05) is 55.5 Å². The van der Waals surface area contributed by atoms with E-state index < -0.39 is 0 Å². The van der Waals surface area contributed by atoms with Crippen molar-refractivity contribution in [2.24, 2.45) is 0 Å². The van der Waals surface area contributed by atoms with Crippen molar-refractivity contribution < 1.29 is 4.74 Å². The SMILES string of the molecule is COc1ccccc1CNc1nccn(-c2ccc(C)cc2)c1=O. The average Bonchev–Trinajstić information content (AvgIpc) is 2.62. The Hall–Kier alpha value is -3.08. The van der Waals surface area contributed by atoms with E-state index in [1.54, 1.807) is 24.1 Å². The van der Waals surface area contributed by atoms with Crippen molar-refractivity contribution >= 4 is 5.82 Å². The molecule has 0 radical (unpaired) electrons. The van der Waals surface area contributed by atoms with Gasteiger partial charge in [-0.3, -0.25) is 9.36 Å². The van der Waals surface area contributed by atoms with Gasteiger partial charge < -0.3 is 10.1 Å². The number of rotatable bonds is 5. The van der Waals surface area contributed by atoms with Gasteiger partial charge in [0.25, 0.3) is 5.56 Å². The second kappa shape index (κ2) is 7.00. The number of ether oxygens (including phenoxy) is 1. The van der Waals surface area contributed by atoms with Crippen molar-refractivity contribution in [1.29, 1.82) is 0 Å². The number of para-hydroxylation sites is 1. The Labute approximate surface area is 140 Å². The molecule has 122 valence electrons. The first kappa shape index (κ1) is 15.8. The summed E-state index contributed by atoms with van der Waals surface area (Å²) in [5, 5.41) is 3.10. The van der Waals surface area contributed by atoms with Gasteiger partial charge in [-0.25, -0.2) is 4.98 Å². The van der Waals surface area contributed by atoms with E-state index in [4.69, 9.17) is 4.74 Å². The van der Waals surface area contributed by atoms with Crippen LogP contribution in [0.3, 0.4) is 0 Å². The van der Waals surface area contributed by atoms with Gasteiger partial charge in [0.05, 0.1) is 7.11 Å². The first-order valence-corrected chi connectivity index (χ1v) is 7.69. The predicted octanol–water partition coefficient (Wildman–Crippen LogP) is 3.16. The van der Waals surface area contributed by atoms with Crippen LogP contribution in [0, 0.1) is 6.92 Å². The molecule has 0 spiro atoms. The molecular weight excluding hydrogens is 302 g/mol. The van der Waals surface area contributed by atoms with E-state index in [2.05, 4.69) is 10.3 Å². The van der Waals surface area contributed by atoms with Crippen LogP contribution in [0.5, 0.6) is 5.75 Å². The maximum Gasteiger partial charge on any atom is 0.297 e. The summed E-state index contributed by atoms with van der Waals surface area (Å²) in [6.45, 7) is 2.48. The number of aryl methyl sites for hydroxylation is 1. The highest BCUT2D eigenvalue weighted by atomic mass is 16.5. The van der Waals surface area contributed by atoms with Gasteiger partial charge in [0, 0.05) is 30.2 Å². The minimum absolute atomic E-state index is 0.184.